The van der Waals surface area contributed by atoms with Gasteiger partial charge in [-0.1, -0.05) is 24.8 Å². The van der Waals surface area contributed by atoms with Gasteiger partial charge in [-0.15, -0.1) is 0 Å². The molecule has 4 atom stereocenters. The Kier molecular flexibility index (Phi) is 7.24. The fraction of sp³-hybridized carbons (Fsp3) is 0.600. The van der Waals surface area contributed by atoms with Crippen LogP contribution < -0.4 is 15.4 Å². The number of likely N-dealkylation sites (N-methyl/N-ethyl adjacent to an activating group) is 1. The third kappa shape index (κ3) is 5.33. The molecule has 2 saturated heterocycles. The van der Waals surface area contributed by atoms with Crippen LogP contribution in [0.2, 0.25) is 0 Å². The van der Waals surface area contributed by atoms with Crippen molar-refractivity contribution in [3.63, 3.8) is 0 Å². The molecule has 2 N–H and O–H groups in total. The number of hydrogen-bond acceptors (Lipinski definition) is 6. The molecule has 1 aromatic rings. The van der Waals surface area contributed by atoms with Gasteiger partial charge in [0.2, 0.25) is 11.8 Å². The zero-order chi connectivity index (χ0) is 23.5. The van der Waals surface area contributed by atoms with Crippen molar-refractivity contribution in [2.24, 2.45) is 0 Å². The summed E-state index contributed by atoms with van der Waals surface area (Å²) in [6.45, 7) is 9.28. The predicted octanol–water partition coefficient (Wildman–Crippen LogP) is 1.36. The second kappa shape index (κ2) is 10.1. The molecule has 4 rings (SSSR count). The largest absolute Gasteiger partial charge is 0.493 e. The Morgan fingerprint density at radius 1 is 1.24 bits per heavy atom. The molecule has 0 aromatic heterocycles. The summed E-state index contributed by atoms with van der Waals surface area (Å²) < 4.78 is 5.75. The van der Waals surface area contributed by atoms with Crippen LogP contribution in [0.1, 0.15) is 37.8 Å². The Labute approximate surface area is 196 Å². The number of nitrogens with zero attached hydrogens (tertiary/aromatic N) is 3. The van der Waals surface area contributed by atoms with Crippen molar-refractivity contribution in [1.29, 1.82) is 0 Å². The van der Waals surface area contributed by atoms with E-state index in [1.807, 2.05) is 50.2 Å². The van der Waals surface area contributed by atoms with Gasteiger partial charge in [-0.2, -0.15) is 0 Å². The topological polar surface area (TPSA) is 77.2 Å². The lowest BCUT2D eigenvalue weighted by atomic mass is 9.99. The third-order valence-electron chi connectivity index (χ3n) is 6.85. The number of fused-ring (bicyclic) bond motifs is 2. The monoisotopic (exact) mass is 455 g/mol. The molecule has 3 aliphatic heterocycles. The quantitative estimate of drug-likeness (QED) is 0.647. The minimum absolute atomic E-state index is 0.0472. The van der Waals surface area contributed by atoms with Gasteiger partial charge in [-0.25, -0.2) is 0 Å². The van der Waals surface area contributed by atoms with Crippen LogP contribution in [0.5, 0.6) is 5.75 Å². The van der Waals surface area contributed by atoms with E-state index in [1.165, 1.54) is 0 Å². The Balaban J connectivity index is 1.48. The number of benzene rings is 1. The molecular weight excluding hydrogens is 418 g/mol. The second-order valence-corrected chi connectivity index (χ2v) is 9.74. The summed E-state index contributed by atoms with van der Waals surface area (Å²) >= 11 is 0. The molecule has 0 radical (unpaired) electrons. The van der Waals surface area contributed by atoms with E-state index in [9.17, 15) is 9.59 Å². The molecule has 8 nitrogen and oxygen atoms in total. The van der Waals surface area contributed by atoms with Crippen molar-refractivity contribution in [3.8, 4) is 5.75 Å². The van der Waals surface area contributed by atoms with Crippen molar-refractivity contribution >= 4 is 11.8 Å². The molecule has 3 aliphatic rings. The number of nitrogens with one attached hydrogen (secondary N) is 2. The van der Waals surface area contributed by atoms with Gasteiger partial charge in [-0.3, -0.25) is 14.5 Å². The number of piperazine rings is 1. The van der Waals surface area contributed by atoms with Crippen molar-refractivity contribution in [1.82, 2.24) is 25.3 Å². The van der Waals surface area contributed by atoms with E-state index in [0.29, 0.717) is 32.3 Å². The maximum Gasteiger partial charge on any atom is 0.245 e. The fourth-order valence-corrected chi connectivity index (χ4v) is 5.29. The van der Waals surface area contributed by atoms with Crippen molar-refractivity contribution in [2.75, 3.05) is 46.9 Å². The SMILES string of the molecule is C=C(CN(C)C)N[C@@H](C)C(=O)N1C[C@H]2CCCN2C[C@H]1C(=O)NC1CCOc2ccccc21. The summed E-state index contributed by atoms with van der Waals surface area (Å²) in [6, 6.07) is 7.13. The van der Waals surface area contributed by atoms with Crippen LogP contribution in [-0.2, 0) is 9.59 Å². The number of rotatable bonds is 7. The summed E-state index contributed by atoms with van der Waals surface area (Å²) in [4.78, 5) is 33.2. The molecule has 0 aliphatic carbocycles. The number of amides is 2. The highest BCUT2D eigenvalue weighted by Gasteiger charge is 2.43. The van der Waals surface area contributed by atoms with Gasteiger partial charge in [0, 0.05) is 43.4 Å². The lowest BCUT2D eigenvalue weighted by molar-refractivity contribution is -0.146. The highest BCUT2D eigenvalue weighted by molar-refractivity contribution is 5.90. The molecule has 0 spiro atoms. The summed E-state index contributed by atoms with van der Waals surface area (Å²) in [5, 5.41) is 6.46. The van der Waals surface area contributed by atoms with Gasteiger partial charge < -0.3 is 25.2 Å². The first-order chi connectivity index (χ1) is 15.8. The zero-order valence-electron chi connectivity index (χ0n) is 20.0. The van der Waals surface area contributed by atoms with Gasteiger partial charge in [0.05, 0.1) is 12.6 Å². The van der Waals surface area contributed by atoms with Crippen LogP contribution in [0.15, 0.2) is 36.5 Å². The number of carbonyl (C=O) groups excluding carboxylic acids is 2. The number of hydrogen-bond donors (Lipinski definition) is 2. The number of ether oxygens (including phenoxy) is 1. The van der Waals surface area contributed by atoms with E-state index in [1.54, 1.807) is 4.90 Å². The van der Waals surface area contributed by atoms with Crippen LogP contribution in [0.3, 0.4) is 0 Å². The lowest BCUT2D eigenvalue weighted by Gasteiger charge is -2.44. The molecule has 2 fully saturated rings. The van der Waals surface area contributed by atoms with E-state index in [4.69, 9.17) is 4.74 Å². The number of para-hydroxylation sites is 1. The second-order valence-electron chi connectivity index (χ2n) is 9.74. The van der Waals surface area contributed by atoms with Gasteiger partial charge >= 0.3 is 0 Å². The lowest BCUT2D eigenvalue weighted by Crippen LogP contribution is -2.65. The highest BCUT2D eigenvalue weighted by Crippen LogP contribution is 2.32. The standard InChI is InChI=1S/C25H37N5O3/c1-17(14-28(3)4)26-18(2)25(32)30-15-19-8-7-12-29(19)16-22(30)24(31)27-21-11-13-33-23-10-6-5-9-20(21)23/h5-6,9-10,18-19,21-22,26H,1,7-8,11-16H2,2-4H3,(H,27,31)/t18-,19+,21?,22-/m0/s1. The van der Waals surface area contributed by atoms with E-state index in [2.05, 4.69) is 22.1 Å². The van der Waals surface area contributed by atoms with Gasteiger partial charge in [0.1, 0.15) is 17.8 Å². The molecule has 0 bridgehead atoms. The normalized spacial score (nSPS) is 25.6. The zero-order valence-corrected chi connectivity index (χ0v) is 20.0. The van der Waals surface area contributed by atoms with E-state index in [-0.39, 0.29) is 17.9 Å². The first kappa shape index (κ1) is 23.6. The third-order valence-corrected chi connectivity index (χ3v) is 6.85. The highest BCUT2D eigenvalue weighted by atomic mass is 16.5. The van der Waals surface area contributed by atoms with Crippen molar-refractivity contribution in [2.45, 2.75) is 50.4 Å². The first-order valence-electron chi connectivity index (χ1n) is 12.0. The summed E-state index contributed by atoms with van der Waals surface area (Å²) in [5.74, 6) is 0.686. The molecule has 33 heavy (non-hydrogen) atoms. The van der Waals surface area contributed by atoms with Crippen LogP contribution in [0.4, 0.5) is 0 Å². The Bertz CT molecular complexity index is 889. The predicted molar refractivity (Wildman–Crippen MR) is 128 cm³/mol. The summed E-state index contributed by atoms with van der Waals surface area (Å²) in [6.07, 6.45) is 2.90. The molecule has 1 aromatic carbocycles. The molecule has 2 amide bonds. The van der Waals surface area contributed by atoms with Gasteiger partial charge in [0.15, 0.2) is 0 Å². The summed E-state index contributed by atoms with van der Waals surface area (Å²) in [7, 11) is 3.93. The minimum atomic E-state index is -0.506. The van der Waals surface area contributed by atoms with Crippen LogP contribution in [0.25, 0.3) is 0 Å². The van der Waals surface area contributed by atoms with E-state index >= 15 is 0 Å². The molecular formula is C25H37N5O3. The number of carbonyl (C=O) groups is 2. The van der Waals surface area contributed by atoms with E-state index < -0.39 is 12.1 Å². The Hall–Kier alpha value is -2.58. The average molecular weight is 456 g/mol. The van der Waals surface area contributed by atoms with E-state index in [0.717, 1.165) is 42.8 Å². The maximum absolute atomic E-state index is 13.6. The first-order valence-corrected chi connectivity index (χ1v) is 12.0. The van der Waals surface area contributed by atoms with Crippen molar-refractivity contribution < 1.29 is 14.3 Å². The summed E-state index contributed by atoms with van der Waals surface area (Å²) in [5.41, 5.74) is 1.79. The molecule has 1 unspecified atom stereocenters. The molecule has 0 saturated carbocycles. The van der Waals surface area contributed by atoms with Crippen molar-refractivity contribution in [3.05, 3.63) is 42.1 Å². The molecule has 180 valence electrons. The van der Waals surface area contributed by atoms with Crippen LogP contribution in [0, 0.1) is 0 Å². The smallest absolute Gasteiger partial charge is 0.245 e. The molecule has 3 heterocycles. The van der Waals surface area contributed by atoms with Gasteiger partial charge in [0.25, 0.3) is 0 Å². The minimum Gasteiger partial charge on any atom is -0.493 e. The van der Waals surface area contributed by atoms with Crippen LogP contribution >= 0.6 is 0 Å². The molecule has 8 heteroatoms. The maximum atomic E-state index is 13.6. The van der Waals surface area contributed by atoms with Gasteiger partial charge in [-0.05, 0) is 46.5 Å². The Morgan fingerprint density at radius 2 is 2.03 bits per heavy atom. The Morgan fingerprint density at radius 3 is 2.82 bits per heavy atom. The average Bonchev–Trinajstić information content (AvgIpc) is 3.25. The fourth-order valence-electron chi connectivity index (χ4n) is 5.29. The van der Waals surface area contributed by atoms with Crippen LogP contribution in [-0.4, -0.2) is 91.5 Å².